The predicted molar refractivity (Wildman–Crippen MR) is 92.2 cm³/mol. The number of furan rings is 1. The molecule has 2 N–H and O–H groups in total. The number of benzene rings is 1. The van der Waals surface area contributed by atoms with E-state index in [1.54, 1.807) is 43.6 Å². The molecule has 0 spiro atoms. The summed E-state index contributed by atoms with van der Waals surface area (Å²) < 4.78 is 10.5. The lowest BCUT2D eigenvalue weighted by molar-refractivity contribution is 0.0901. The van der Waals surface area contributed by atoms with Gasteiger partial charge in [-0.2, -0.15) is 0 Å². The van der Waals surface area contributed by atoms with Crippen LogP contribution in [0.1, 0.15) is 22.2 Å². The Bertz CT molecular complexity index is 832. The van der Waals surface area contributed by atoms with Crippen molar-refractivity contribution in [2.75, 3.05) is 13.7 Å². The maximum atomic E-state index is 12.4. The minimum atomic E-state index is -0.896. The molecule has 1 unspecified atom stereocenters. The Morgan fingerprint density at radius 1 is 1.28 bits per heavy atom. The maximum Gasteiger partial charge on any atom is 0.251 e. The van der Waals surface area contributed by atoms with E-state index in [2.05, 4.69) is 10.3 Å². The summed E-state index contributed by atoms with van der Waals surface area (Å²) in [5.41, 5.74) is 1.89. The first-order chi connectivity index (χ1) is 12.2. The molecular weight excluding hydrogens is 320 g/mol. The number of pyridine rings is 1. The lowest BCUT2D eigenvalue weighted by atomic mass is 10.1. The lowest BCUT2D eigenvalue weighted by Gasteiger charge is -2.12. The Labute approximate surface area is 145 Å². The van der Waals surface area contributed by atoms with Crippen LogP contribution in [0.3, 0.4) is 0 Å². The molecule has 0 aliphatic carbocycles. The summed E-state index contributed by atoms with van der Waals surface area (Å²) in [4.78, 5) is 16.7. The highest BCUT2D eigenvalue weighted by atomic mass is 16.5. The van der Waals surface area contributed by atoms with Gasteiger partial charge in [0.05, 0.1) is 25.6 Å². The lowest BCUT2D eigenvalue weighted by Crippen LogP contribution is -2.28. The summed E-state index contributed by atoms with van der Waals surface area (Å²) in [6.07, 6.45) is 2.26. The van der Waals surface area contributed by atoms with Crippen LogP contribution in [-0.2, 0) is 0 Å². The zero-order valence-corrected chi connectivity index (χ0v) is 13.7. The van der Waals surface area contributed by atoms with Gasteiger partial charge in [0.15, 0.2) is 0 Å². The normalized spacial score (nSPS) is 11.8. The number of carbonyl (C=O) groups is 1. The molecule has 1 atom stereocenters. The molecule has 0 bridgehead atoms. The molecule has 0 radical (unpaired) electrons. The van der Waals surface area contributed by atoms with Gasteiger partial charge in [-0.05, 0) is 42.5 Å². The van der Waals surface area contributed by atoms with Crippen LogP contribution in [0.2, 0.25) is 0 Å². The minimum absolute atomic E-state index is 0.0529. The van der Waals surface area contributed by atoms with Gasteiger partial charge in [-0.15, -0.1) is 0 Å². The minimum Gasteiger partial charge on any atom is -0.496 e. The van der Waals surface area contributed by atoms with Gasteiger partial charge in [-0.3, -0.25) is 9.78 Å². The first-order valence-corrected chi connectivity index (χ1v) is 7.78. The Kier molecular flexibility index (Phi) is 5.11. The van der Waals surface area contributed by atoms with Crippen molar-refractivity contribution in [1.82, 2.24) is 10.3 Å². The maximum absolute atomic E-state index is 12.4. The number of aromatic nitrogens is 1. The number of nitrogens with one attached hydrogen (secondary N) is 1. The van der Waals surface area contributed by atoms with Gasteiger partial charge in [-0.25, -0.2) is 0 Å². The van der Waals surface area contributed by atoms with Gasteiger partial charge >= 0.3 is 0 Å². The van der Waals surface area contributed by atoms with Crippen molar-refractivity contribution in [1.29, 1.82) is 0 Å². The molecule has 1 amide bonds. The smallest absolute Gasteiger partial charge is 0.251 e. The Hall–Kier alpha value is -3.12. The highest BCUT2D eigenvalue weighted by Gasteiger charge is 2.15. The number of ether oxygens (including phenoxy) is 1. The van der Waals surface area contributed by atoms with Crippen molar-refractivity contribution in [2.24, 2.45) is 0 Å². The third kappa shape index (κ3) is 3.87. The van der Waals surface area contributed by atoms with Crippen LogP contribution in [0.25, 0.3) is 11.3 Å². The predicted octanol–water partition coefficient (Wildman–Crippen LogP) is 2.81. The number of aliphatic hydroxyl groups excluding tert-OH is 1. The summed E-state index contributed by atoms with van der Waals surface area (Å²) in [5.74, 6) is 0.737. The molecule has 3 aromatic rings. The fourth-order valence-electron chi connectivity index (χ4n) is 2.44. The molecule has 0 aliphatic heterocycles. The monoisotopic (exact) mass is 338 g/mol. The van der Waals surface area contributed by atoms with Crippen LogP contribution in [0.4, 0.5) is 0 Å². The summed E-state index contributed by atoms with van der Waals surface area (Å²) in [7, 11) is 1.57. The second-order valence-electron chi connectivity index (χ2n) is 5.37. The summed E-state index contributed by atoms with van der Waals surface area (Å²) >= 11 is 0. The van der Waals surface area contributed by atoms with Crippen LogP contribution in [-0.4, -0.2) is 29.7 Å². The van der Waals surface area contributed by atoms with E-state index in [9.17, 15) is 9.90 Å². The fraction of sp³-hybridized carbons (Fsp3) is 0.158. The van der Waals surface area contributed by atoms with E-state index < -0.39 is 6.10 Å². The SMILES string of the molecule is COc1ccc(C(=O)NCC(O)c2ccco2)cc1-c1ccccn1. The number of methoxy groups -OCH3 is 1. The molecule has 0 saturated heterocycles. The highest BCUT2D eigenvalue weighted by molar-refractivity contribution is 5.96. The van der Waals surface area contributed by atoms with Crippen LogP contribution >= 0.6 is 0 Å². The van der Waals surface area contributed by atoms with Gasteiger partial charge < -0.3 is 19.6 Å². The van der Waals surface area contributed by atoms with E-state index in [1.807, 2.05) is 18.2 Å². The quantitative estimate of drug-likeness (QED) is 0.722. The molecule has 0 aliphatic rings. The third-order valence-corrected chi connectivity index (χ3v) is 3.73. The number of aliphatic hydroxyl groups is 1. The van der Waals surface area contributed by atoms with E-state index in [0.29, 0.717) is 22.8 Å². The Morgan fingerprint density at radius 3 is 2.84 bits per heavy atom. The average molecular weight is 338 g/mol. The second kappa shape index (κ2) is 7.63. The molecular formula is C19H18N2O4. The molecule has 3 rings (SSSR count). The molecule has 6 heteroatoms. The number of rotatable bonds is 6. The average Bonchev–Trinajstić information content (AvgIpc) is 3.21. The standard InChI is InChI=1S/C19H18N2O4/c1-24-17-8-7-13(11-14(17)15-5-2-3-9-20-15)19(23)21-12-16(22)18-6-4-10-25-18/h2-11,16,22H,12H2,1H3,(H,21,23). The van der Waals surface area contributed by atoms with E-state index >= 15 is 0 Å². The second-order valence-corrected chi connectivity index (χ2v) is 5.37. The van der Waals surface area contributed by atoms with Crippen molar-refractivity contribution >= 4 is 5.91 Å². The summed E-state index contributed by atoms with van der Waals surface area (Å²) in [5, 5.41) is 12.7. The van der Waals surface area contributed by atoms with Crippen molar-refractivity contribution in [3.05, 3.63) is 72.3 Å². The fourth-order valence-corrected chi connectivity index (χ4v) is 2.44. The van der Waals surface area contributed by atoms with Crippen LogP contribution in [0, 0.1) is 0 Å². The zero-order valence-electron chi connectivity index (χ0n) is 13.7. The number of hydrogen-bond acceptors (Lipinski definition) is 5. The molecule has 128 valence electrons. The van der Waals surface area contributed by atoms with Gasteiger partial charge in [0, 0.05) is 17.3 Å². The molecule has 25 heavy (non-hydrogen) atoms. The molecule has 0 fully saturated rings. The molecule has 0 saturated carbocycles. The van der Waals surface area contributed by atoms with E-state index in [1.165, 1.54) is 6.26 Å². The highest BCUT2D eigenvalue weighted by Crippen LogP contribution is 2.29. The number of hydrogen-bond donors (Lipinski definition) is 2. The van der Waals surface area contributed by atoms with Gasteiger partial charge in [-0.1, -0.05) is 6.07 Å². The molecule has 2 aromatic heterocycles. The number of amides is 1. The van der Waals surface area contributed by atoms with Crippen LogP contribution < -0.4 is 10.1 Å². The van der Waals surface area contributed by atoms with Crippen molar-refractivity contribution < 1.29 is 19.1 Å². The van der Waals surface area contributed by atoms with Crippen LogP contribution in [0.5, 0.6) is 5.75 Å². The van der Waals surface area contributed by atoms with Crippen molar-refractivity contribution in [3.8, 4) is 17.0 Å². The first-order valence-electron chi connectivity index (χ1n) is 7.78. The zero-order chi connectivity index (χ0) is 17.6. The number of carbonyl (C=O) groups excluding carboxylic acids is 1. The summed E-state index contributed by atoms with van der Waals surface area (Å²) in [6.45, 7) is 0.0529. The summed E-state index contributed by atoms with van der Waals surface area (Å²) in [6, 6.07) is 14.0. The first kappa shape index (κ1) is 16.7. The van der Waals surface area contributed by atoms with Gasteiger partial charge in [0.25, 0.3) is 5.91 Å². The largest absolute Gasteiger partial charge is 0.496 e. The van der Waals surface area contributed by atoms with E-state index in [0.717, 1.165) is 5.56 Å². The number of nitrogens with zero attached hydrogens (tertiary/aromatic N) is 1. The van der Waals surface area contributed by atoms with Crippen molar-refractivity contribution in [2.45, 2.75) is 6.10 Å². The van der Waals surface area contributed by atoms with Gasteiger partial charge in [0.1, 0.15) is 17.6 Å². The van der Waals surface area contributed by atoms with Crippen molar-refractivity contribution in [3.63, 3.8) is 0 Å². The van der Waals surface area contributed by atoms with Gasteiger partial charge in [0.2, 0.25) is 0 Å². The Balaban J connectivity index is 1.77. The molecule has 2 heterocycles. The van der Waals surface area contributed by atoms with E-state index in [4.69, 9.17) is 9.15 Å². The molecule has 6 nitrogen and oxygen atoms in total. The third-order valence-electron chi connectivity index (χ3n) is 3.73. The molecule has 1 aromatic carbocycles. The van der Waals surface area contributed by atoms with E-state index in [-0.39, 0.29) is 12.5 Å². The Morgan fingerprint density at radius 2 is 2.16 bits per heavy atom. The van der Waals surface area contributed by atoms with Crippen LogP contribution in [0.15, 0.2) is 65.4 Å². The topological polar surface area (TPSA) is 84.6 Å².